The number of aliphatic hydroxyl groups is 1. The van der Waals surface area contributed by atoms with Crippen molar-refractivity contribution in [2.24, 2.45) is 5.11 Å². The first-order valence-corrected chi connectivity index (χ1v) is 15.0. The number of carbonyl (C=O) groups excluding carboxylic acids is 1. The number of hydrogen-bond donors (Lipinski definition) is 6. The Morgan fingerprint density at radius 1 is 1.21 bits per heavy atom. The van der Waals surface area contributed by atoms with E-state index in [1.807, 2.05) is 6.92 Å². The summed E-state index contributed by atoms with van der Waals surface area (Å²) < 4.78 is 12.8. The van der Waals surface area contributed by atoms with Gasteiger partial charge in [0.05, 0.1) is 32.7 Å². The monoisotopic (exact) mass is 657 g/mol. The molecule has 14 heteroatoms. The van der Waals surface area contributed by atoms with Crippen molar-refractivity contribution in [1.82, 2.24) is 10.6 Å². The molecule has 0 spiro atoms. The fourth-order valence-electron chi connectivity index (χ4n) is 3.68. The van der Waals surface area contributed by atoms with Gasteiger partial charge in [0, 0.05) is 30.2 Å². The molecule has 1 unspecified atom stereocenters. The zero-order valence-corrected chi connectivity index (χ0v) is 23.8. The van der Waals surface area contributed by atoms with Crippen molar-refractivity contribution < 1.29 is 34.4 Å². The van der Waals surface area contributed by atoms with Gasteiger partial charge in [-0.1, -0.05) is 29.7 Å². The van der Waals surface area contributed by atoms with E-state index in [0.717, 1.165) is 5.56 Å². The van der Waals surface area contributed by atoms with E-state index in [4.69, 9.17) is 10.6 Å². The van der Waals surface area contributed by atoms with Crippen LogP contribution in [0.1, 0.15) is 58.5 Å². The van der Waals surface area contributed by atoms with Crippen molar-refractivity contribution in [2.45, 2.75) is 38.3 Å². The Hall–Kier alpha value is -2.67. The highest BCUT2D eigenvalue weighted by atomic mass is 125. The number of nitrogens with zero attached hydrogens (tertiary/aromatic N) is 3. The number of benzene rings is 2. The van der Waals surface area contributed by atoms with E-state index < -0.39 is 25.3 Å². The number of aromatic hydroxyl groups is 1. The fourth-order valence-corrected chi connectivity index (χ4v) is 5.94. The average Bonchev–Trinajstić information content (AvgIpc) is 2.87. The number of carboxylic acids is 1. The molecule has 0 saturated heterocycles. The maximum Gasteiger partial charge on any atom is 0.335 e. The van der Waals surface area contributed by atoms with Crippen LogP contribution in [0.4, 0.5) is 5.69 Å². The van der Waals surface area contributed by atoms with Crippen molar-refractivity contribution in [3.63, 3.8) is 0 Å². The summed E-state index contributed by atoms with van der Waals surface area (Å²) >= 11 is 1.79. The van der Waals surface area contributed by atoms with Gasteiger partial charge in [-0.05, 0) is 71.6 Å². The molecule has 0 heterocycles. The molecular weight excluding hydrogens is 626 g/mol. The molecule has 0 aromatic heterocycles. The van der Waals surface area contributed by atoms with E-state index in [1.165, 1.54) is 24.3 Å². The third-order valence-electron chi connectivity index (χ3n) is 5.75. The van der Waals surface area contributed by atoms with Crippen LogP contribution in [-0.4, -0.2) is 63.6 Å². The molecule has 2 rings (SSSR count). The van der Waals surface area contributed by atoms with Crippen LogP contribution in [0, 0.1) is 3.57 Å². The SMILES string of the molecule is C[C@@H](NC[C@H](O)CP(=O)(O)CCCCCNC(=O)c1ccc(N=[N+]=[N-])c([125I])c1O)c1cccc(C(=O)O)c1. The second-order valence-corrected chi connectivity index (χ2v) is 12.4. The first kappa shape index (κ1) is 31.5. The lowest BCUT2D eigenvalue weighted by molar-refractivity contribution is 0.0696. The number of halogens is 1. The number of hydrogen-bond acceptors (Lipinski definition) is 7. The predicted molar refractivity (Wildman–Crippen MR) is 151 cm³/mol. The predicted octanol–water partition coefficient (Wildman–Crippen LogP) is 4.52. The van der Waals surface area contributed by atoms with Crippen molar-refractivity contribution in [2.75, 3.05) is 25.4 Å². The zero-order valence-electron chi connectivity index (χ0n) is 20.7. The largest absolute Gasteiger partial charge is 0.506 e. The molecule has 38 heavy (non-hydrogen) atoms. The maximum absolute atomic E-state index is 12.5. The molecule has 0 aliphatic rings. The number of aliphatic hydroxyl groups excluding tert-OH is 1. The van der Waals surface area contributed by atoms with Gasteiger partial charge < -0.3 is 30.8 Å². The van der Waals surface area contributed by atoms with Crippen molar-refractivity contribution in [3.05, 3.63) is 67.1 Å². The highest BCUT2D eigenvalue weighted by Gasteiger charge is 2.23. The Kier molecular flexibility index (Phi) is 12.5. The van der Waals surface area contributed by atoms with Crippen LogP contribution in [-0.2, 0) is 4.57 Å². The fraction of sp³-hybridized carbons (Fsp3) is 0.417. The summed E-state index contributed by atoms with van der Waals surface area (Å²) in [5, 5.41) is 38.7. The summed E-state index contributed by atoms with van der Waals surface area (Å²) in [6.45, 7) is 2.19. The first-order chi connectivity index (χ1) is 17.9. The molecular formula is C24H31IN5O7P. The number of amides is 1. The van der Waals surface area contributed by atoms with Gasteiger partial charge in [-0.25, -0.2) is 4.79 Å². The van der Waals surface area contributed by atoms with E-state index >= 15 is 0 Å². The second-order valence-electron chi connectivity index (χ2n) is 8.77. The van der Waals surface area contributed by atoms with Crippen LogP contribution < -0.4 is 10.6 Å². The summed E-state index contributed by atoms with van der Waals surface area (Å²) in [6, 6.07) is 8.98. The normalized spacial score (nSPS) is 14.1. The summed E-state index contributed by atoms with van der Waals surface area (Å²) in [6.07, 6.45) is 0.297. The molecule has 0 saturated carbocycles. The summed E-state index contributed by atoms with van der Waals surface area (Å²) in [7, 11) is -3.56. The Morgan fingerprint density at radius 2 is 1.95 bits per heavy atom. The Bertz CT molecular complexity index is 1240. The Balaban J connectivity index is 1.69. The second kappa shape index (κ2) is 15.1. The number of carbonyl (C=O) groups is 2. The van der Waals surface area contributed by atoms with Crippen molar-refractivity contribution in [1.29, 1.82) is 0 Å². The molecule has 6 N–H and O–H groups in total. The van der Waals surface area contributed by atoms with Gasteiger partial charge in [-0.15, -0.1) is 0 Å². The number of phenolic OH excluding ortho intramolecular Hbond substituents is 1. The van der Waals surface area contributed by atoms with Gasteiger partial charge >= 0.3 is 5.97 Å². The molecule has 0 radical (unpaired) electrons. The minimum Gasteiger partial charge on any atom is -0.506 e. The van der Waals surface area contributed by atoms with Crippen LogP contribution >= 0.6 is 30.0 Å². The molecule has 0 aliphatic heterocycles. The molecule has 0 fully saturated rings. The molecule has 3 atom stereocenters. The van der Waals surface area contributed by atoms with Crippen molar-refractivity contribution in [3.8, 4) is 5.75 Å². The number of azide groups is 1. The Labute approximate surface area is 233 Å². The molecule has 0 bridgehead atoms. The van der Waals surface area contributed by atoms with Gasteiger partial charge in [0.15, 0.2) is 0 Å². The number of unbranched alkanes of at least 4 members (excludes halogenated alkanes) is 2. The van der Waals surface area contributed by atoms with E-state index in [-0.39, 0.29) is 51.0 Å². The molecule has 2 aromatic carbocycles. The Morgan fingerprint density at radius 3 is 2.63 bits per heavy atom. The molecule has 1 amide bonds. The first-order valence-electron chi connectivity index (χ1n) is 11.9. The van der Waals surface area contributed by atoms with Crippen LogP contribution in [0.15, 0.2) is 41.5 Å². The smallest absolute Gasteiger partial charge is 0.335 e. The quantitative estimate of drug-likeness (QED) is 0.0400. The van der Waals surface area contributed by atoms with Gasteiger partial charge in [0.2, 0.25) is 7.37 Å². The van der Waals surface area contributed by atoms with Crippen molar-refractivity contribution >= 4 is 47.5 Å². The van der Waals surface area contributed by atoms with E-state index in [2.05, 4.69) is 20.7 Å². The minimum absolute atomic E-state index is 0.0358. The highest BCUT2D eigenvalue weighted by Crippen LogP contribution is 2.42. The summed E-state index contributed by atoms with van der Waals surface area (Å²) in [5.74, 6) is -1.79. The maximum atomic E-state index is 12.5. The van der Waals surface area contributed by atoms with Crippen LogP contribution in [0.5, 0.6) is 5.75 Å². The topological polar surface area (TPSA) is 205 Å². The van der Waals surface area contributed by atoms with E-state index in [0.29, 0.717) is 25.8 Å². The number of nitrogens with one attached hydrogen (secondary N) is 2. The lowest BCUT2D eigenvalue weighted by Crippen LogP contribution is -2.31. The van der Waals surface area contributed by atoms with Gasteiger partial charge in [0.25, 0.3) is 5.91 Å². The van der Waals surface area contributed by atoms with Gasteiger partial charge in [-0.3, -0.25) is 9.36 Å². The minimum atomic E-state index is -3.56. The third-order valence-corrected chi connectivity index (χ3v) is 8.82. The van der Waals surface area contributed by atoms with Crippen LogP contribution in [0.3, 0.4) is 0 Å². The lowest BCUT2D eigenvalue weighted by Gasteiger charge is -2.20. The van der Waals surface area contributed by atoms with E-state index in [9.17, 15) is 29.3 Å². The zero-order chi connectivity index (χ0) is 28.3. The lowest BCUT2D eigenvalue weighted by atomic mass is 10.1. The summed E-state index contributed by atoms with van der Waals surface area (Å²) in [4.78, 5) is 36.4. The molecule has 12 nitrogen and oxygen atoms in total. The van der Waals surface area contributed by atoms with Crippen LogP contribution in [0.25, 0.3) is 10.4 Å². The average molecular weight is 657 g/mol. The third kappa shape index (κ3) is 9.90. The summed E-state index contributed by atoms with van der Waals surface area (Å²) in [5.41, 5.74) is 9.69. The molecule has 2 aromatic rings. The van der Waals surface area contributed by atoms with Crippen LogP contribution in [0.2, 0.25) is 0 Å². The van der Waals surface area contributed by atoms with Gasteiger partial charge in [0.1, 0.15) is 5.75 Å². The number of rotatable bonds is 15. The van der Waals surface area contributed by atoms with E-state index in [1.54, 1.807) is 34.7 Å². The molecule has 0 aliphatic carbocycles. The number of carboxylic acid groups (broad SMARTS) is 1. The van der Waals surface area contributed by atoms with Gasteiger partial charge in [-0.2, -0.15) is 0 Å². The highest BCUT2D eigenvalue weighted by molar-refractivity contribution is 14.1. The molecule has 206 valence electrons. The standard InChI is InChI=1S/C24H31IN5O7P/c1-15(16-6-5-7-17(12-16)24(34)35)28-13-18(31)14-38(36,37)11-4-2-3-10-27-23(33)19-8-9-20(29-30-26)21(25)22(19)32/h5-9,12,15,18,28,31-32H,2-4,10-11,13-14H2,1H3,(H,27,33)(H,34,35)(H,36,37)/t15-,18+/m1/s1/i25-2. The number of phenols is 1. The number of aromatic carboxylic acids is 1.